The van der Waals surface area contributed by atoms with Crippen LogP contribution in [0.15, 0.2) is 30.3 Å². The maximum atomic E-state index is 11.0. The lowest BCUT2D eigenvalue weighted by Crippen LogP contribution is -2.04. The van der Waals surface area contributed by atoms with Crippen molar-refractivity contribution in [2.24, 2.45) is 0 Å². The topological polar surface area (TPSA) is 26.3 Å². The van der Waals surface area contributed by atoms with Crippen LogP contribution in [0.3, 0.4) is 0 Å². The van der Waals surface area contributed by atoms with Gasteiger partial charge in [-0.05, 0) is 5.56 Å². The molecule has 1 heterocycles. The van der Waals surface area contributed by atoms with Gasteiger partial charge in [0.15, 0.2) is 0 Å². The minimum Gasteiger partial charge on any atom is -0.456 e. The maximum absolute atomic E-state index is 11.0. The van der Waals surface area contributed by atoms with Gasteiger partial charge in [-0.25, -0.2) is 0 Å². The van der Waals surface area contributed by atoms with Crippen molar-refractivity contribution in [2.45, 2.75) is 17.9 Å². The van der Waals surface area contributed by atoms with E-state index in [-0.39, 0.29) is 12.1 Å². The standard InChI is InChI=1S/C10H9ClO2/c11-8-6-9(13-10(8)12)7-4-2-1-3-5-7/h1-5,8-9H,6H2. The minimum absolute atomic E-state index is 0.156. The molecule has 13 heavy (non-hydrogen) atoms. The van der Waals surface area contributed by atoms with E-state index < -0.39 is 5.38 Å². The zero-order valence-corrected chi connectivity index (χ0v) is 7.70. The van der Waals surface area contributed by atoms with Crippen molar-refractivity contribution in [1.29, 1.82) is 0 Å². The average molecular weight is 197 g/mol. The fourth-order valence-electron chi connectivity index (χ4n) is 1.42. The van der Waals surface area contributed by atoms with Crippen LogP contribution in [0.4, 0.5) is 0 Å². The molecule has 2 unspecified atom stereocenters. The highest BCUT2D eigenvalue weighted by Gasteiger charge is 2.33. The van der Waals surface area contributed by atoms with Crippen LogP contribution in [-0.2, 0) is 9.53 Å². The lowest BCUT2D eigenvalue weighted by atomic mass is 10.1. The van der Waals surface area contributed by atoms with E-state index in [0.717, 1.165) is 5.56 Å². The Morgan fingerprint density at radius 1 is 1.31 bits per heavy atom. The number of esters is 1. The van der Waals surface area contributed by atoms with E-state index in [1.165, 1.54) is 0 Å². The highest BCUT2D eigenvalue weighted by atomic mass is 35.5. The van der Waals surface area contributed by atoms with Gasteiger partial charge in [-0.1, -0.05) is 30.3 Å². The summed E-state index contributed by atoms with van der Waals surface area (Å²) in [6.45, 7) is 0. The molecule has 1 aliphatic rings. The van der Waals surface area contributed by atoms with E-state index in [2.05, 4.69) is 0 Å². The molecular formula is C10H9ClO2. The smallest absolute Gasteiger partial charge is 0.324 e. The van der Waals surface area contributed by atoms with Crippen LogP contribution in [0.25, 0.3) is 0 Å². The first kappa shape index (κ1) is 8.57. The van der Waals surface area contributed by atoms with Crippen LogP contribution in [0.5, 0.6) is 0 Å². The second kappa shape index (κ2) is 3.38. The number of carbonyl (C=O) groups is 1. The van der Waals surface area contributed by atoms with Gasteiger partial charge in [0.1, 0.15) is 11.5 Å². The molecule has 2 rings (SSSR count). The molecule has 0 N–H and O–H groups in total. The third-order valence-corrected chi connectivity index (χ3v) is 2.46. The van der Waals surface area contributed by atoms with Gasteiger partial charge in [0.2, 0.25) is 0 Å². The second-order valence-corrected chi connectivity index (χ2v) is 3.57. The minimum atomic E-state index is -0.481. The SMILES string of the molecule is O=C1OC(c2ccccc2)CC1Cl. The van der Waals surface area contributed by atoms with Gasteiger partial charge >= 0.3 is 5.97 Å². The Hall–Kier alpha value is -1.02. The van der Waals surface area contributed by atoms with Crippen LogP contribution < -0.4 is 0 Å². The number of rotatable bonds is 1. The van der Waals surface area contributed by atoms with Crippen LogP contribution >= 0.6 is 11.6 Å². The van der Waals surface area contributed by atoms with E-state index in [1.54, 1.807) is 0 Å². The van der Waals surface area contributed by atoms with E-state index in [9.17, 15) is 4.79 Å². The summed E-state index contributed by atoms with van der Waals surface area (Å²) < 4.78 is 5.09. The summed E-state index contributed by atoms with van der Waals surface area (Å²) in [7, 11) is 0. The molecule has 0 aliphatic carbocycles. The summed E-state index contributed by atoms with van der Waals surface area (Å²) in [5, 5.41) is -0.481. The molecule has 1 aliphatic heterocycles. The fourth-order valence-corrected chi connectivity index (χ4v) is 1.63. The molecule has 0 spiro atoms. The van der Waals surface area contributed by atoms with Gasteiger partial charge in [0.25, 0.3) is 0 Å². The van der Waals surface area contributed by atoms with Crippen LogP contribution in [0.2, 0.25) is 0 Å². The Bertz CT molecular complexity index is 310. The zero-order chi connectivity index (χ0) is 9.26. The molecule has 68 valence electrons. The quantitative estimate of drug-likeness (QED) is 0.509. The molecule has 0 aromatic heterocycles. The van der Waals surface area contributed by atoms with Gasteiger partial charge in [0, 0.05) is 6.42 Å². The molecule has 0 saturated carbocycles. The number of ether oxygens (including phenoxy) is 1. The summed E-state index contributed by atoms with van der Waals surface area (Å²) in [6.07, 6.45) is 0.418. The number of hydrogen-bond donors (Lipinski definition) is 0. The average Bonchev–Trinajstić information content (AvgIpc) is 2.49. The molecule has 3 heteroatoms. The predicted molar refractivity (Wildman–Crippen MR) is 49.5 cm³/mol. The molecule has 1 fully saturated rings. The van der Waals surface area contributed by atoms with E-state index in [4.69, 9.17) is 16.3 Å². The zero-order valence-electron chi connectivity index (χ0n) is 6.94. The van der Waals surface area contributed by atoms with Crippen molar-refractivity contribution in [2.75, 3.05) is 0 Å². The van der Waals surface area contributed by atoms with Crippen molar-refractivity contribution in [3.8, 4) is 0 Å². The van der Waals surface area contributed by atoms with Crippen molar-refractivity contribution >= 4 is 17.6 Å². The van der Waals surface area contributed by atoms with Gasteiger partial charge < -0.3 is 4.74 Å². The van der Waals surface area contributed by atoms with Crippen molar-refractivity contribution in [3.05, 3.63) is 35.9 Å². The monoisotopic (exact) mass is 196 g/mol. The fraction of sp³-hybridized carbons (Fsp3) is 0.300. The van der Waals surface area contributed by atoms with Gasteiger partial charge in [-0.3, -0.25) is 4.79 Å². The third kappa shape index (κ3) is 1.68. The first-order valence-corrected chi connectivity index (χ1v) is 4.60. The molecule has 0 bridgehead atoms. The highest BCUT2D eigenvalue weighted by Crippen LogP contribution is 2.31. The van der Waals surface area contributed by atoms with Gasteiger partial charge in [-0.2, -0.15) is 0 Å². The molecule has 1 saturated heterocycles. The van der Waals surface area contributed by atoms with E-state index >= 15 is 0 Å². The van der Waals surface area contributed by atoms with Crippen LogP contribution in [0, 0.1) is 0 Å². The molecule has 1 aromatic carbocycles. The molecule has 0 amide bonds. The van der Waals surface area contributed by atoms with E-state index in [1.807, 2.05) is 30.3 Å². The number of cyclic esters (lactones) is 1. The molecule has 2 atom stereocenters. The summed E-state index contributed by atoms with van der Waals surface area (Å²) in [5.41, 5.74) is 1.01. The number of alkyl halides is 1. The van der Waals surface area contributed by atoms with Crippen molar-refractivity contribution in [3.63, 3.8) is 0 Å². The molecule has 0 radical (unpaired) electrons. The number of carbonyl (C=O) groups excluding carboxylic acids is 1. The Kier molecular flexibility index (Phi) is 2.23. The number of halogens is 1. The Morgan fingerprint density at radius 2 is 2.00 bits per heavy atom. The van der Waals surface area contributed by atoms with E-state index in [0.29, 0.717) is 6.42 Å². The van der Waals surface area contributed by atoms with Gasteiger partial charge in [-0.15, -0.1) is 11.6 Å². The second-order valence-electron chi connectivity index (χ2n) is 3.04. The van der Waals surface area contributed by atoms with Crippen LogP contribution in [0.1, 0.15) is 18.1 Å². The number of hydrogen-bond acceptors (Lipinski definition) is 2. The Morgan fingerprint density at radius 3 is 2.54 bits per heavy atom. The van der Waals surface area contributed by atoms with Crippen LogP contribution in [-0.4, -0.2) is 11.3 Å². The molecule has 2 nitrogen and oxygen atoms in total. The van der Waals surface area contributed by atoms with Gasteiger partial charge in [0.05, 0.1) is 0 Å². The highest BCUT2D eigenvalue weighted by molar-refractivity contribution is 6.30. The lowest BCUT2D eigenvalue weighted by molar-refractivity contribution is -0.141. The maximum Gasteiger partial charge on any atom is 0.324 e. The summed E-state index contributed by atoms with van der Waals surface area (Å²) in [4.78, 5) is 11.0. The summed E-state index contributed by atoms with van der Waals surface area (Å²) >= 11 is 5.73. The predicted octanol–water partition coefficient (Wildman–Crippen LogP) is 2.28. The van der Waals surface area contributed by atoms with Crippen molar-refractivity contribution < 1.29 is 9.53 Å². The normalized spacial score (nSPS) is 27.3. The lowest BCUT2D eigenvalue weighted by Gasteiger charge is -2.07. The summed E-state index contributed by atoms with van der Waals surface area (Å²) in [6, 6.07) is 9.65. The largest absolute Gasteiger partial charge is 0.456 e. The number of benzene rings is 1. The first-order valence-electron chi connectivity index (χ1n) is 4.17. The summed E-state index contributed by atoms with van der Waals surface area (Å²) in [5.74, 6) is -0.310. The molecule has 1 aromatic rings. The van der Waals surface area contributed by atoms with Crippen molar-refractivity contribution in [1.82, 2.24) is 0 Å². The first-order chi connectivity index (χ1) is 6.27. The Labute approximate surface area is 81.5 Å². The molecular weight excluding hydrogens is 188 g/mol. The third-order valence-electron chi connectivity index (χ3n) is 2.11. The Balaban J connectivity index is 2.17.